The molecule has 4 heteroatoms. The molecular weight excluding hydrogens is 170 g/mol. The van der Waals surface area contributed by atoms with Crippen LogP contribution in [0.5, 0.6) is 0 Å². The van der Waals surface area contributed by atoms with Gasteiger partial charge in [-0.3, -0.25) is 9.63 Å². The minimum absolute atomic E-state index is 0.111. The van der Waals surface area contributed by atoms with Crippen molar-refractivity contribution in [3.63, 3.8) is 0 Å². The average Bonchev–Trinajstić information content (AvgIpc) is 1.97. The fourth-order valence-corrected chi connectivity index (χ4v) is 1.16. The number of amides is 1. The van der Waals surface area contributed by atoms with Crippen LogP contribution in [0.4, 0.5) is 0 Å². The van der Waals surface area contributed by atoms with Crippen molar-refractivity contribution >= 4 is 14.0 Å². The van der Waals surface area contributed by atoms with Gasteiger partial charge in [-0.15, -0.1) is 0 Å². The van der Waals surface area contributed by atoms with Crippen molar-refractivity contribution in [3.8, 4) is 0 Å². The number of likely N-dealkylation sites (N-methyl/N-ethyl adjacent to an activating group) is 1. The highest BCUT2D eigenvalue weighted by molar-refractivity contribution is 6.81. The summed E-state index contributed by atoms with van der Waals surface area (Å²) in [6.45, 7) is 6.51. The van der Waals surface area contributed by atoms with E-state index in [2.05, 4.69) is 19.6 Å². The van der Waals surface area contributed by atoms with E-state index in [1.165, 1.54) is 12.2 Å². The van der Waals surface area contributed by atoms with Crippen LogP contribution in [0.1, 0.15) is 0 Å². The maximum Gasteiger partial charge on any atom is 0.269 e. The fourth-order valence-electron chi connectivity index (χ4n) is 0.516. The third-order valence-corrected chi connectivity index (χ3v) is 2.48. The smallest absolute Gasteiger partial charge is 0.269 e. The summed E-state index contributed by atoms with van der Waals surface area (Å²) in [5, 5.41) is 1.20. The largest absolute Gasteiger partial charge is 0.274 e. The molecule has 1 amide bonds. The fraction of sp³-hybridized carbons (Fsp3) is 0.625. The maximum absolute atomic E-state index is 11.2. The first-order valence-electron chi connectivity index (χ1n) is 3.88. The van der Waals surface area contributed by atoms with Gasteiger partial charge >= 0.3 is 0 Å². The molecule has 12 heavy (non-hydrogen) atoms. The topological polar surface area (TPSA) is 29.5 Å². The van der Waals surface area contributed by atoms with E-state index in [9.17, 15) is 4.79 Å². The molecule has 0 bridgehead atoms. The van der Waals surface area contributed by atoms with Gasteiger partial charge in [0.15, 0.2) is 0 Å². The van der Waals surface area contributed by atoms with Crippen molar-refractivity contribution < 1.29 is 9.63 Å². The zero-order valence-corrected chi connectivity index (χ0v) is 9.42. The molecule has 0 unspecified atom stereocenters. The van der Waals surface area contributed by atoms with Gasteiger partial charge in [0.25, 0.3) is 5.91 Å². The number of hydroxylamine groups is 2. The van der Waals surface area contributed by atoms with Gasteiger partial charge in [0.2, 0.25) is 0 Å². The van der Waals surface area contributed by atoms with E-state index in [1.54, 1.807) is 13.1 Å². The van der Waals surface area contributed by atoms with Crippen molar-refractivity contribution in [2.45, 2.75) is 19.6 Å². The molecular formula is C8H17NO2Si. The lowest BCUT2D eigenvalue weighted by molar-refractivity contribution is -0.162. The lowest BCUT2D eigenvalue weighted by atomic mass is 10.6. The number of nitrogens with zero attached hydrogens (tertiary/aromatic N) is 1. The lowest BCUT2D eigenvalue weighted by Gasteiger charge is -2.12. The van der Waals surface area contributed by atoms with E-state index < -0.39 is 8.07 Å². The van der Waals surface area contributed by atoms with Crippen molar-refractivity contribution in [1.29, 1.82) is 0 Å². The predicted molar refractivity (Wildman–Crippen MR) is 52.3 cm³/mol. The van der Waals surface area contributed by atoms with Crippen LogP contribution in [0.15, 0.2) is 11.8 Å². The van der Waals surface area contributed by atoms with Gasteiger partial charge < -0.3 is 0 Å². The summed E-state index contributed by atoms with van der Waals surface area (Å²) in [5.41, 5.74) is 1.99. The van der Waals surface area contributed by atoms with E-state index in [-0.39, 0.29) is 5.91 Å². The SMILES string of the molecule is CON(C)C(=O)/C=C/[Si](C)(C)C. The van der Waals surface area contributed by atoms with Crippen molar-refractivity contribution in [1.82, 2.24) is 5.06 Å². The molecule has 0 saturated carbocycles. The summed E-state index contributed by atoms with van der Waals surface area (Å²) in [4.78, 5) is 15.9. The molecule has 70 valence electrons. The average molecular weight is 187 g/mol. The lowest BCUT2D eigenvalue weighted by Crippen LogP contribution is -2.25. The first-order chi connectivity index (χ1) is 5.37. The molecule has 0 heterocycles. The van der Waals surface area contributed by atoms with Gasteiger partial charge in [0.05, 0.1) is 15.2 Å². The first-order valence-corrected chi connectivity index (χ1v) is 7.45. The maximum atomic E-state index is 11.2. The third-order valence-electron chi connectivity index (χ3n) is 1.31. The first kappa shape index (κ1) is 11.4. The van der Waals surface area contributed by atoms with E-state index in [0.29, 0.717) is 0 Å². The molecule has 0 fully saturated rings. The third kappa shape index (κ3) is 5.09. The summed E-state index contributed by atoms with van der Waals surface area (Å²) >= 11 is 0. The Morgan fingerprint density at radius 1 is 1.42 bits per heavy atom. The highest BCUT2D eigenvalue weighted by Gasteiger charge is 2.09. The van der Waals surface area contributed by atoms with Gasteiger partial charge in [-0.2, -0.15) is 0 Å². The second kappa shape index (κ2) is 4.42. The summed E-state index contributed by atoms with van der Waals surface area (Å²) in [6.07, 6.45) is 1.58. The Kier molecular flexibility index (Phi) is 4.20. The molecule has 0 atom stereocenters. The van der Waals surface area contributed by atoms with Crippen LogP contribution < -0.4 is 0 Å². The second-order valence-electron chi connectivity index (χ2n) is 3.72. The molecule has 0 aliphatic heterocycles. The Hall–Kier alpha value is -0.613. The second-order valence-corrected chi connectivity index (χ2v) is 8.78. The van der Waals surface area contributed by atoms with Crippen molar-refractivity contribution in [3.05, 3.63) is 11.8 Å². The molecule has 0 aromatic rings. The van der Waals surface area contributed by atoms with Crippen molar-refractivity contribution in [2.24, 2.45) is 0 Å². The Morgan fingerprint density at radius 3 is 2.25 bits per heavy atom. The zero-order chi connectivity index (χ0) is 9.78. The molecule has 0 radical (unpaired) electrons. The number of carbonyl (C=O) groups is 1. The van der Waals surface area contributed by atoms with Gasteiger partial charge in [-0.05, 0) is 6.08 Å². The zero-order valence-electron chi connectivity index (χ0n) is 8.42. The van der Waals surface area contributed by atoms with Crippen LogP contribution in [0, 0.1) is 0 Å². The van der Waals surface area contributed by atoms with Crippen LogP contribution in [0.25, 0.3) is 0 Å². The molecule has 0 aromatic heterocycles. The molecule has 3 nitrogen and oxygen atoms in total. The molecule has 0 saturated heterocycles. The highest BCUT2D eigenvalue weighted by atomic mass is 28.3. The Balaban J connectivity index is 4.09. The predicted octanol–water partition coefficient (Wildman–Crippen LogP) is 1.44. The van der Waals surface area contributed by atoms with E-state index in [4.69, 9.17) is 4.84 Å². The number of hydrogen-bond donors (Lipinski definition) is 0. The molecule has 0 aromatic carbocycles. The minimum Gasteiger partial charge on any atom is -0.274 e. The standard InChI is InChI=1S/C8H17NO2Si/c1-9(11-2)8(10)6-7-12(3,4)5/h6-7H,1-5H3/b7-6+. The van der Waals surface area contributed by atoms with Crippen LogP contribution in [0.2, 0.25) is 19.6 Å². The van der Waals surface area contributed by atoms with Gasteiger partial charge in [0.1, 0.15) is 0 Å². The van der Waals surface area contributed by atoms with Crippen LogP contribution in [-0.2, 0) is 9.63 Å². The van der Waals surface area contributed by atoms with Gasteiger partial charge in [-0.1, -0.05) is 25.3 Å². The van der Waals surface area contributed by atoms with Crippen LogP contribution in [0.3, 0.4) is 0 Å². The Labute approximate surface area is 75.0 Å². The monoisotopic (exact) mass is 187 g/mol. The van der Waals surface area contributed by atoms with Crippen LogP contribution in [-0.4, -0.2) is 33.2 Å². The number of rotatable bonds is 3. The highest BCUT2D eigenvalue weighted by Crippen LogP contribution is 2.02. The normalized spacial score (nSPS) is 12.1. The van der Waals surface area contributed by atoms with Crippen LogP contribution >= 0.6 is 0 Å². The summed E-state index contributed by atoms with van der Waals surface area (Å²) in [7, 11) is 1.80. The quantitative estimate of drug-likeness (QED) is 0.380. The minimum atomic E-state index is -1.26. The molecule has 0 rings (SSSR count). The summed E-state index contributed by atoms with van der Waals surface area (Å²) in [5.74, 6) is -0.111. The van der Waals surface area contributed by atoms with Crippen molar-refractivity contribution in [2.75, 3.05) is 14.2 Å². The molecule has 0 spiro atoms. The summed E-state index contributed by atoms with van der Waals surface area (Å²) in [6, 6.07) is 0. The van der Waals surface area contributed by atoms with Gasteiger partial charge in [-0.25, -0.2) is 5.06 Å². The van der Waals surface area contributed by atoms with E-state index in [1.807, 2.05) is 5.70 Å². The Morgan fingerprint density at radius 2 is 1.92 bits per heavy atom. The van der Waals surface area contributed by atoms with Gasteiger partial charge in [0, 0.05) is 7.05 Å². The van der Waals surface area contributed by atoms with E-state index in [0.717, 1.165) is 0 Å². The number of carbonyl (C=O) groups excluding carboxylic acids is 1. The summed E-state index contributed by atoms with van der Waals surface area (Å²) < 4.78 is 0. The number of hydrogen-bond acceptors (Lipinski definition) is 2. The molecule has 0 aliphatic carbocycles. The van der Waals surface area contributed by atoms with E-state index >= 15 is 0 Å². The molecule has 0 aliphatic rings. The molecule has 0 N–H and O–H groups in total. The Bertz CT molecular complexity index is 184.